The zero-order chi connectivity index (χ0) is 20.8. The second-order valence-corrected chi connectivity index (χ2v) is 7.65. The number of benzene rings is 2. The van der Waals surface area contributed by atoms with Gasteiger partial charge in [-0.3, -0.25) is 9.69 Å². The number of likely N-dealkylation sites (tertiary alicyclic amines) is 1. The van der Waals surface area contributed by atoms with Crippen LogP contribution >= 0.6 is 0 Å². The maximum Gasteiger partial charge on any atom is 0.226 e. The number of aryl methyl sites for hydroxylation is 1. The molecule has 1 amide bonds. The van der Waals surface area contributed by atoms with E-state index in [1.807, 2.05) is 6.07 Å². The van der Waals surface area contributed by atoms with Crippen LogP contribution in [-0.4, -0.2) is 40.1 Å². The Kier molecular flexibility index (Phi) is 6.49. The molecule has 156 valence electrons. The largest absolute Gasteiger partial charge is 0.352 e. The van der Waals surface area contributed by atoms with Crippen molar-refractivity contribution in [1.29, 1.82) is 0 Å². The highest BCUT2D eigenvalue weighted by Gasteiger charge is 2.23. The van der Waals surface area contributed by atoms with Crippen molar-refractivity contribution >= 4 is 5.91 Å². The van der Waals surface area contributed by atoms with Gasteiger partial charge >= 0.3 is 0 Å². The molecule has 1 aliphatic heterocycles. The molecule has 1 unspecified atom stereocenters. The summed E-state index contributed by atoms with van der Waals surface area (Å²) in [6.07, 6.45) is 2.57. The third-order valence-electron chi connectivity index (χ3n) is 5.25. The van der Waals surface area contributed by atoms with E-state index < -0.39 is 0 Å². The minimum Gasteiger partial charge on any atom is -0.352 e. The zero-order valence-corrected chi connectivity index (χ0v) is 16.8. The van der Waals surface area contributed by atoms with Gasteiger partial charge in [-0.2, -0.15) is 4.98 Å². The predicted molar refractivity (Wildman–Crippen MR) is 111 cm³/mol. The lowest BCUT2D eigenvalue weighted by atomic mass is 10.2. The summed E-state index contributed by atoms with van der Waals surface area (Å²) in [5, 5.41) is 7.06. The molecule has 6 nitrogen and oxygen atoms in total. The molecule has 4 rings (SSSR count). The molecule has 2 aromatic carbocycles. The van der Waals surface area contributed by atoms with Crippen LogP contribution in [0.2, 0.25) is 0 Å². The van der Waals surface area contributed by atoms with Gasteiger partial charge in [-0.25, -0.2) is 4.39 Å². The number of rotatable bonds is 8. The smallest absolute Gasteiger partial charge is 0.226 e. The number of aromatic nitrogens is 2. The Morgan fingerprint density at radius 2 is 1.97 bits per heavy atom. The number of halogens is 1. The van der Waals surface area contributed by atoms with E-state index in [-0.39, 0.29) is 17.8 Å². The molecule has 1 aliphatic rings. The van der Waals surface area contributed by atoms with Crippen molar-refractivity contribution in [2.75, 3.05) is 13.1 Å². The number of hydrogen-bond donors (Lipinski definition) is 1. The fraction of sp³-hybridized carbons (Fsp3) is 0.348. The molecule has 1 aromatic heterocycles. The van der Waals surface area contributed by atoms with Crippen LogP contribution in [0.5, 0.6) is 0 Å². The summed E-state index contributed by atoms with van der Waals surface area (Å²) in [7, 11) is 0. The van der Waals surface area contributed by atoms with Crippen LogP contribution in [0.1, 0.15) is 30.7 Å². The number of hydrogen-bond acceptors (Lipinski definition) is 5. The normalized spacial score (nSPS) is 16.6. The van der Waals surface area contributed by atoms with Gasteiger partial charge < -0.3 is 9.84 Å². The third kappa shape index (κ3) is 5.51. The summed E-state index contributed by atoms with van der Waals surface area (Å²) < 4.78 is 18.3. The van der Waals surface area contributed by atoms with Gasteiger partial charge in [0.05, 0.1) is 0 Å². The second kappa shape index (κ2) is 9.63. The lowest BCUT2D eigenvalue weighted by molar-refractivity contribution is -0.121. The van der Waals surface area contributed by atoms with E-state index in [4.69, 9.17) is 4.52 Å². The first-order chi connectivity index (χ1) is 14.7. The number of nitrogens with one attached hydrogen (secondary N) is 1. The van der Waals surface area contributed by atoms with Gasteiger partial charge in [-0.15, -0.1) is 0 Å². The third-order valence-corrected chi connectivity index (χ3v) is 5.25. The van der Waals surface area contributed by atoms with E-state index >= 15 is 0 Å². The van der Waals surface area contributed by atoms with Crippen molar-refractivity contribution in [1.82, 2.24) is 20.4 Å². The Balaban J connectivity index is 1.17. The molecule has 1 atom stereocenters. The Morgan fingerprint density at radius 1 is 1.17 bits per heavy atom. The average Bonchev–Trinajstić information content (AvgIpc) is 3.39. The van der Waals surface area contributed by atoms with Crippen molar-refractivity contribution in [2.45, 2.75) is 38.3 Å². The Bertz CT molecular complexity index is 959. The van der Waals surface area contributed by atoms with Crippen LogP contribution in [0.15, 0.2) is 59.1 Å². The highest BCUT2D eigenvalue weighted by Crippen LogP contribution is 2.17. The van der Waals surface area contributed by atoms with Gasteiger partial charge in [0, 0.05) is 44.1 Å². The van der Waals surface area contributed by atoms with E-state index in [1.165, 1.54) is 17.7 Å². The lowest BCUT2D eigenvalue weighted by Gasteiger charge is -2.16. The molecule has 1 fully saturated rings. The molecule has 1 saturated heterocycles. The van der Waals surface area contributed by atoms with Crippen LogP contribution in [-0.2, 0) is 17.8 Å². The van der Waals surface area contributed by atoms with Gasteiger partial charge in [0.15, 0.2) is 0 Å². The van der Waals surface area contributed by atoms with E-state index in [2.05, 4.69) is 44.6 Å². The SMILES string of the molecule is O=C(CCCc1nc(-c2ccc(F)cc2)no1)NC1CCN(Cc2ccccc2)C1. The van der Waals surface area contributed by atoms with Crippen molar-refractivity contribution in [3.05, 3.63) is 71.9 Å². The van der Waals surface area contributed by atoms with Crippen LogP contribution in [0.25, 0.3) is 11.4 Å². The monoisotopic (exact) mass is 408 g/mol. The molecule has 2 heterocycles. The molecule has 0 radical (unpaired) electrons. The number of amides is 1. The topological polar surface area (TPSA) is 71.3 Å². The minimum atomic E-state index is -0.307. The molecular formula is C23H25FN4O2. The molecular weight excluding hydrogens is 383 g/mol. The maximum atomic E-state index is 13.0. The van der Waals surface area contributed by atoms with Crippen molar-refractivity contribution in [3.8, 4) is 11.4 Å². The van der Waals surface area contributed by atoms with Gasteiger partial charge in [0.2, 0.25) is 17.6 Å². The summed E-state index contributed by atoms with van der Waals surface area (Å²) in [4.78, 5) is 19.0. The first-order valence-corrected chi connectivity index (χ1v) is 10.3. The number of nitrogens with zero attached hydrogens (tertiary/aromatic N) is 3. The van der Waals surface area contributed by atoms with Crippen LogP contribution in [0, 0.1) is 5.82 Å². The quantitative estimate of drug-likeness (QED) is 0.617. The molecule has 0 spiro atoms. The first kappa shape index (κ1) is 20.2. The van der Waals surface area contributed by atoms with Crippen molar-refractivity contribution < 1.29 is 13.7 Å². The van der Waals surface area contributed by atoms with Gasteiger partial charge in [-0.1, -0.05) is 35.5 Å². The number of carbonyl (C=O) groups excluding carboxylic acids is 1. The molecule has 0 aliphatic carbocycles. The van der Waals surface area contributed by atoms with Gasteiger partial charge in [-0.05, 0) is 42.7 Å². The standard InChI is InChI=1S/C23H25FN4O2/c24-19-11-9-18(10-12-19)23-26-22(30-27-23)8-4-7-21(29)25-20-13-14-28(16-20)15-17-5-2-1-3-6-17/h1-3,5-6,9-12,20H,4,7-8,13-16H2,(H,25,29). The lowest BCUT2D eigenvalue weighted by Crippen LogP contribution is -2.36. The second-order valence-electron chi connectivity index (χ2n) is 7.65. The molecule has 0 saturated carbocycles. The fourth-order valence-electron chi connectivity index (χ4n) is 3.71. The first-order valence-electron chi connectivity index (χ1n) is 10.3. The molecule has 3 aromatic rings. The molecule has 1 N–H and O–H groups in total. The van der Waals surface area contributed by atoms with E-state index in [0.29, 0.717) is 36.5 Å². The summed E-state index contributed by atoms with van der Waals surface area (Å²) in [5.74, 6) is 0.662. The zero-order valence-electron chi connectivity index (χ0n) is 16.8. The Morgan fingerprint density at radius 3 is 2.77 bits per heavy atom. The van der Waals surface area contributed by atoms with Gasteiger partial charge in [0.1, 0.15) is 5.82 Å². The summed E-state index contributed by atoms with van der Waals surface area (Å²) in [5.41, 5.74) is 1.99. The predicted octanol–water partition coefficient (Wildman–Crippen LogP) is 3.59. The molecule has 30 heavy (non-hydrogen) atoms. The highest BCUT2D eigenvalue weighted by atomic mass is 19.1. The summed E-state index contributed by atoms with van der Waals surface area (Å²) in [6, 6.07) is 16.5. The van der Waals surface area contributed by atoms with E-state index in [9.17, 15) is 9.18 Å². The van der Waals surface area contributed by atoms with Gasteiger partial charge in [0.25, 0.3) is 0 Å². The van der Waals surface area contributed by atoms with Crippen molar-refractivity contribution in [3.63, 3.8) is 0 Å². The van der Waals surface area contributed by atoms with E-state index in [0.717, 1.165) is 26.1 Å². The maximum absolute atomic E-state index is 13.0. The van der Waals surface area contributed by atoms with Crippen LogP contribution in [0.4, 0.5) is 4.39 Å². The van der Waals surface area contributed by atoms with Crippen LogP contribution in [0.3, 0.4) is 0 Å². The highest BCUT2D eigenvalue weighted by molar-refractivity contribution is 5.76. The molecule has 0 bridgehead atoms. The van der Waals surface area contributed by atoms with Crippen molar-refractivity contribution in [2.24, 2.45) is 0 Å². The van der Waals surface area contributed by atoms with Crippen LogP contribution < -0.4 is 5.32 Å². The Labute approximate surface area is 175 Å². The summed E-state index contributed by atoms with van der Waals surface area (Å²) >= 11 is 0. The Hall–Kier alpha value is -3.06. The minimum absolute atomic E-state index is 0.0554. The average molecular weight is 408 g/mol. The fourth-order valence-corrected chi connectivity index (χ4v) is 3.71. The number of carbonyl (C=O) groups is 1. The molecule has 7 heteroatoms. The summed E-state index contributed by atoms with van der Waals surface area (Å²) in [6.45, 7) is 2.79. The van der Waals surface area contributed by atoms with E-state index in [1.54, 1.807) is 12.1 Å².